The summed E-state index contributed by atoms with van der Waals surface area (Å²) in [5, 5.41) is 6.78. The second-order valence-electron chi connectivity index (χ2n) is 6.46. The maximum Gasteiger partial charge on any atom is 0.257 e. The predicted octanol–water partition coefficient (Wildman–Crippen LogP) is 2.92. The molecule has 2 heterocycles. The predicted molar refractivity (Wildman–Crippen MR) is 108 cm³/mol. The average Bonchev–Trinajstić information content (AvgIpc) is 3.04. The molecule has 1 aromatic heterocycles. The zero-order chi connectivity index (χ0) is 19.7. The molecule has 1 amide bonds. The Morgan fingerprint density at radius 3 is 2.75 bits per heavy atom. The Bertz CT molecular complexity index is 1120. The molecule has 142 valence electrons. The van der Waals surface area contributed by atoms with Crippen molar-refractivity contribution in [1.82, 2.24) is 14.9 Å². The molecular formula is C20H18N4O3S. The molecule has 8 heteroatoms. The molecule has 1 aliphatic rings. The van der Waals surface area contributed by atoms with Crippen LogP contribution in [0.3, 0.4) is 0 Å². The van der Waals surface area contributed by atoms with E-state index in [1.807, 2.05) is 48.5 Å². The first-order valence-electron chi connectivity index (χ1n) is 8.79. The summed E-state index contributed by atoms with van der Waals surface area (Å²) in [5.41, 5.74) is 1.66. The molecule has 0 unspecified atom stereocenters. The van der Waals surface area contributed by atoms with E-state index in [-0.39, 0.29) is 23.0 Å². The van der Waals surface area contributed by atoms with Gasteiger partial charge in [-0.15, -0.1) is 0 Å². The molecule has 2 aromatic carbocycles. The summed E-state index contributed by atoms with van der Waals surface area (Å²) in [4.78, 5) is 29.4. The quantitative estimate of drug-likeness (QED) is 0.648. The van der Waals surface area contributed by atoms with E-state index in [2.05, 4.69) is 15.6 Å². The Morgan fingerprint density at radius 2 is 2.00 bits per heavy atom. The van der Waals surface area contributed by atoms with Gasteiger partial charge in [0, 0.05) is 11.9 Å². The van der Waals surface area contributed by atoms with Crippen LogP contribution < -0.4 is 15.4 Å². The van der Waals surface area contributed by atoms with Gasteiger partial charge in [0.15, 0.2) is 0 Å². The van der Waals surface area contributed by atoms with Gasteiger partial charge < -0.3 is 15.4 Å². The van der Waals surface area contributed by atoms with Crippen molar-refractivity contribution < 1.29 is 14.3 Å². The van der Waals surface area contributed by atoms with Gasteiger partial charge >= 0.3 is 0 Å². The van der Waals surface area contributed by atoms with E-state index in [1.54, 1.807) is 7.11 Å². The fourth-order valence-electron chi connectivity index (χ4n) is 3.21. The van der Waals surface area contributed by atoms with Crippen LogP contribution in [-0.4, -0.2) is 34.5 Å². The maximum atomic E-state index is 12.7. The average molecular weight is 394 g/mol. The molecule has 3 aromatic rings. The van der Waals surface area contributed by atoms with E-state index in [0.717, 1.165) is 16.7 Å². The molecule has 1 atom stereocenters. The van der Waals surface area contributed by atoms with Crippen LogP contribution in [0.15, 0.2) is 48.5 Å². The molecule has 0 spiro atoms. The normalized spacial score (nSPS) is 15.2. The number of rotatable bonds is 5. The fourth-order valence-corrected chi connectivity index (χ4v) is 3.49. The minimum atomic E-state index is -0.676. The summed E-state index contributed by atoms with van der Waals surface area (Å²) < 4.78 is 6.68. The number of carbonyl (C=O) groups is 2. The highest BCUT2D eigenvalue weighted by Crippen LogP contribution is 2.28. The number of hydrogen-bond acceptors (Lipinski definition) is 6. The van der Waals surface area contributed by atoms with E-state index < -0.39 is 6.04 Å². The number of fused-ring (bicyclic) bond motifs is 3. The lowest BCUT2D eigenvalue weighted by molar-refractivity contribution is -0.121. The first-order chi connectivity index (χ1) is 13.6. The van der Waals surface area contributed by atoms with Crippen LogP contribution in [0, 0.1) is 4.77 Å². The van der Waals surface area contributed by atoms with Gasteiger partial charge in [-0.1, -0.05) is 24.3 Å². The Labute approximate surface area is 166 Å². The van der Waals surface area contributed by atoms with E-state index in [9.17, 15) is 9.59 Å². The largest absolute Gasteiger partial charge is 0.497 e. The Morgan fingerprint density at radius 1 is 1.25 bits per heavy atom. The number of carbonyl (C=O) groups excluding carboxylic acids is 2. The van der Waals surface area contributed by atoms with Crippen molar-refractivity contribution in [3.63, 3.8) is 0 Å². The lowest BCUT2D eigenvalue weighted by Crippen LogP contribution is -2.33. The van der Waals surface area contributed by atoms with Gasteiger partial charge in [0.25, 0.3) is 5.91 Å². The number of para-hydroxylation sites is 1. The minimum absolute atomic E-state index is 0.0137. The number of nitrogens with one attached hydrogen (secondary N) is 2. The van der Waals surface area contributed by atoms with Crippen LogP contribution in [0.4, 0.5) is 5.82 Å². The maximum absolute atomic E-state index is 12.7. The summed E-state index contributed by atoms with van der Waals surface area (Å²) in [6.45, 7) is 0.376. The van der Waals surface area contributed by atoms with E-state index in [0.29, 0.717) is 17.9 Å². The lowest BCUT2D eigenvalue weighted by Gasteiger charge is -2.10. The van der Waals surface area contributed by atoms with E-state index >= 15 is 0 Å². The van der Waals surface area contributed by atoms with Crippen LogP contribution in [0.2, 0.25) is 0 Å². The van der Waals surface area contributed by atoms with Crippen LogP contribution >= 0.6 is 12.2 Å². The molecule has 0 radical (unpaired) electrons. The molecule has 7 nitrogen and oxygen atoms in total. The topological polar surface area (TPSA) is 85.2 Å². The number of benzene rings is 2. The van der Waals surface area contributed by atoms with Gasteiger partial charge in [-0.25, -0.2) is 9.55 Å². The number of anilines is 1. The summed E-state index contributed by atoms with van der Waals surface area (Å²) in [6, 6.07) is 14.2. The van der Waals surface area contributed by atoms with Gasteiger partial charge in [0.05, 0.1) is 19.0 Å². The lowest BCUT2D eigenvalue weighted by atomic mass is 10.2. The summed E-state index contributed by atoms with van der Waals surface area (Å²) in [5.74, 6) is 0.857. The SMILES string of the molecule is COc1ccc(CNC(=O)C[C@@H]2Nc3c4ccccc4nc(=S)n3C2=O)cc1. The molecule has 0 aliphatic carbocycles. The van der Waals surface area contributed by atoms with Gasteiger partial charge in [-0.2, -0.15) is 0 Å². The summed E-state index contributed by atoms with van der Waals surface area (Å²) >= 11 is 5.27. The Kier molecular flexibility index (Phi) is 4.79. The second-order valence-corrected chi connectivity index (χ2v) is 6.82. The molecule has 1 aliphatic heterocycles. The fraction of sp³-hybridized carbons (Fsp3) is 0.200. The van der Waals surface area contributed by atoms with Crippen molar-refractivity contribution in [2.24, 2.45) is 0 Å². The molecule has 2 N–H and O–H groups in total. The molecule has 28 heavy (non-hydrogen) atoms. The highest BCUT2D eigenvalue weighted by Gasteiger charge is 2.33. The zero-order valence-corrected chi connectivity index (χ0v) is 16.0. The third-order valence-corrected chi connectivity index (χ3v) is 4.93. The zero-order valence-electron chi connectivity index (χ0n) is 15.1. The van der Waals surface area contributed by atoms with Gasteiger partial charge in [0.2, 0.25) is 10.7 Å². The van der Waals surface area contributed by atoms with Crippen molar-refractivity contribution in [2.75, 3.05) is 12.4 Å². The van der Waals surface area contributed by atoms with E-state index in [1.165, 1.54) is 4.57 Å². The molecular weight excluding hydrogens is 376 g/mol. The minimum Gasteiger partial charge on any atom is -0.497 e. The first kappa shape index (κ1) is 18.1. The number of hydrogen-bond donors (Lipinski definition) is 2. The number of amides is 1. The van der Waals surface area contributed by atoms with Gasteiger partial charge in [-0.05, 0) is 42.0 Å². The first-order valence-corrected chi connectivity index (χ1v) is 9.20. The van der Waals surface area contributed by atoms with Crippen molar-refractivity contribution in [3.05, 3.63) is 58.9 Å². The van der Waals surface area contributed by atoms with Crippen LogP contribution in [-0.2, 0) is 11.3 Å². The third kappa shape index (κ3) is 3.34. The van der Waals surface area contributed by atoms with Crippen LogP contribution in [0.1, 0.15) is 16.8 Å². The Balaban J connectivity index is 1.46. The van der Waals surface area contributed by atoms with Crippen molar-refractivity contribution in [3.8, 4) is 5.75 Å². The highest BCUT2D eigenvalue weighted by atomic mass is 32.1. The van der Waals surface area contributed by atoms with Gasteiger partial charge in [0.1, 0.15) is 17.6 Å². The number of methoxy groups -OCH3 is 1. The van der Waals surface area contributed by atoms with E-state index in [4.69, 9.17) is 17.0 Å². The summed E-state index contributed by atoms with van der Waals surface area (Å²) in [7, 11) is 1.60. The summed E-state index contributed by atoms with van der Waals surface area (Å²) in [6.07, 6.45) is 0.0137. The number of ether oxygens (including phenoxy) is 1. The van der Waals surface area contributed by atoms with Crippen molar-refractivity contribution in [2.45, 2.75) is 19.0 Å². The van der Waals surface area contributed by atoms with Gasteiger partial charge in [-0.3, -0.25) is 9.59 Å². The Hall–Kier alpha value is -3.26. The van der Waals surface area contributed by atoms with Crippen LogP contribution in [0.5, 0.6) is 5.75 Å². The molecule has 0 fully saturated rings. The molecule has 0 saturated heterocycles. The molecule has 0 saturated carbocycles. The third-order valence-electron chi connectivity index (χ3n) is 4.66. The second kappa shape index (κ2) is 7.40. The molecule has 0 bridgehead atoms. The van der Waals surface area contributed by atoms with Crippen LogP contribution in [0.25, 0.3) is 10.9 Å². The highest BCUT2D eigenvalue weighted by molar-refractivity contribution is 7.71. The number of aromatic nitrogens is 2. The van der Waals surface area contributed by atoms with Crippen molar-refractivity contribution >= 4 is 40.8 Å². The smallest absolute Gasteiger partial charge is 0.257 e. The monoisotopic (exact) mass is 394 g/mol. The molecule has 4 rings (SSSR count). The number of nitrogens with zero attached hydrogens (tertiary/aromatic N) is 2. The van der Waals surface area contributed by atoms with Crippen molar-refractivity contribution in [1.29, 1.82) is 0 Å². The standard InChI is InChI=1S/C20H18N4O3S/c1-27-13-8-6-12(7-9-13)11-21-17(25)10-16-19(26)24-18(22-16)14-4-2-3-5-15(14)23-20(24)28/h2-9,16,22H,10-11H2,1H3,(H,21,25)/t16-/m0/s1.